The molecule has 0 saturated heterocycles. The van der Waals surface area contributed by atoms with Crippen LogP contribution in [0.3, 0.4) is 0 Å². The molecule has 0 spiro atoms. The maximum absolute atomic E-state index is 12.7. The molecule has 146 valence electrons. The lowest BCUT2D eigenvalue weighted by molar-refractivity contribution is -0.137. The van der Waals surface area contributed by atoms with E-state index >= 15 is 0 Å². The molecule has 4 rings (SSSR count). The van der Waals surface area contributed by atoms with Crippen LogP contribution in [0.15, 0.2) is 60.9 Å². The molecule has 0 saturated carbocycles. The second kappa shape index (κ2) is 7.01. The van der Waals surface area contributed by atoms with Gasteiger partial charge in [-0.2, -0.15) is 13.2 Å². The van der Waals surface area contributed by atoms with Crippen molar-refractivity contribution in [2.24, 2.45) is 0 Å². The second-order valence-corrected chi connectivity index (χ2v) is 6.27. The van der Waals surface area contributed by atoms with Crippen molar-refractivity contribution in [2.45, 2.75) is 13.1 Å². The van der Waals surface area contributed by atoms with Crippen molar-refractivity contribution in [1.29, 1.82) is 0 Å². The van der Waals surface area contributed by atoms with Crippen LogP contribution in [0.2, 0.25) is 0 Å². The van der Waals surface area contributed by atoms with Gasteiger partial charge in [0.2, 0.25) is 5.95 Å². The lowest BCUT2D eigenvalue weighted by atomic mass is 10.1. The Bertz CT molecular complexity index is 1200. The standard InChI is InChI=1S/C20H14F3N5O/c1-12-17(28-11-3-2-4-16(28)25-12)15-9-10-24-19(26-15)27-18(29)13-5-7-14(8-6-13)20(21,22)23/h2-11H,1H3,(H,24,26,27,29). The summed E-state index contributed by atoms with van der Waals surface area (Å²) in [5.74, 6) is -0.566. The predicted molar refractivity (Wildman–Crippen MR) is 100 cm³/mol. The summed E-state index contributed by atoms with van der Waals surface area (Å²) >= 11 is 0. The molecule has 0 fully saturated rings. The molecule has 0 atom stereocenters. The minimum absolute atomic E-state index is 0.0395. The van der Waals surface area contributed by atoms with Gasteiger partial charge in [-0.1, -0.05) is 6.07 Å². The number of aryl methyl sites for hydroxylation is 1. The second-order valence-electron chi connectivity index (χ2n) is 6.27. The summed E-state index contributed by atoms with van der Waals surface area (Å²) in [5, 5.41) is 2.51. The molecule has 0 aliphatic carbocycles. The summed E-state index contributed by atoms with van der Waals surface area (Å²) in [6, 6.07) is 11.2. The fourth-order valence-electron chi connectivity index (χ4n) is 2.96. The number of hydrogen-bond donors (Lipinski definition) is 1. The third kappa shape index (κ3) is 3.66. The van der Waals surface area contributed by atoms with Gasteiger partial charge in [0.15, 0.2) is 0 Å². The van der Waals surface area contributed by atoms with Crippen LogP contribution in [0.25, 0.3) is 17.0 Å². The topological polar surface area (TPSA) is 72.2 Å². The van der Waals surface area contributed by atoms with Crippen molar-refractivity contribution in [1.82, 2.24) is 19.4 Å². The molecule has 29 heavy (non-hydrogen) atoms. The van der Waals surface area contributed by atoms with Crippen molar-refractivity contribution in [2.75, 3.05) is 5.32 Å². The molecule has 3 heterocycles. The van der Waals surface area contributed by atoms with E-state index in [2.05, 4.69) is 20.3 Å². The quantitative estimate of drug-likeness (QED) is 0.557. The number of alkyl halides is 3. The first-order chi connectivity index (χ1) is 13.8. The molecule has 1 amide bonds. The van der Waals surface area contributed by atoms with Crippen LogP contribution in [-0.2, 0) is 6.18 Å². The van der Waals surface area contributed by atoms with E-state index < -0.39 is 17.6 Å². The Morgan fingerprint density at radius 3 is 2.52 bits per heavy atom. The van der Waals surface area contributed by atoms with E-state index in [0.717, 1.165) is 41.3 Å². The molecule has 0 unspecified atom stereocenters. The summed E-state index contributed by atoms with van der Waals surface area (Å²) in [6.07, 6.45) is -1.11. The van der Waals surface area contributed by atoms with Crippen LogP contribution in [0.1, 0.15) is 21.6 Å². The monoisotopic (exact) mass is 397 g/mol. The number of benzene rings is 1. The Kier molecular flexibility index (Phi) is 4.50. The van der Waals surface area contributed by atoms with Gasteiger partial charge in [-0.25, -0.2) is 15.0 Å². The van der Waals surface area contributed by atoms with Gasteiger partial charge >= 0.3 is 6.18 Å². The van der Waals surface area contributed by atoms with E-state index in [-0.39, 0.29) is 11.5 Å². The Morgan fingerprint density at radius 2 is 1.79 bits per heavy atom. The maximum Gasteiger partial charge on any atom is 0.416 e. The normalized spacial score (nSPS) is 11.6. The first-order valence-corrected chi connectivity index (χ1v) is 8.58. The Labute approximate surface area is 163 Å². The number of amides is 1. The van der Waals surface area contributed by atoms with Crippen molar-refractivity contribution < 1.29 is 18.0 Å². The zero-order valence-corrected chi connectivity index (χ0v) is 15.1. The average molecular weight is 397 g/mol. The van der Waals surface area contributed by atoms with Gasteiger partial charge in [-0.3, -0.25) is 14.5 Å². The first-order valence-electron chi connectivity index (χ1n) is 8.58. The van der Waals surface area contributed by atoms with E-state index in [4.69, 9.17) is 0 Å². The van der Waals surface area contributed by atoms with Gasteiger partial charge in [0.1, 0.15) is 5.65 Å². The van der Waals surface area contributed by atoms with Crippen LogP contribution >= 0.6 is 0 Å². The zero-order valence-electron chi connectivity index (χ0n) is 15.1. The molecular weight excluding hydrogens is 383 g/mol. The Balaban J connectivity index is 1.61. The Morgan fingerprint density at radius 1 is 1.03 bits per heavy atom. The third-order valence-corrected chi connectivity index (χ3v) is 4.30. The minimum atomic E-state index is -4.46. The van der Waals surface area contributed by atoms with E-state index in [9.17, 15) is 18.0 Å². The van der Waals surface area contributed by atoms with Gasteiger partial charge in [-0.05, 0) is 49.4 Å². The number of carbonyl (C=O) groups is 1. The van der Waals surface area contributed by atoms with Crippen LogP contribution in [0.5, 0.6) is 0 Å². The van der Waals surface area contributed by atoms with E-state index in [1.807, 2.05) is 35.7 Å². The van der Waals surface area contributed by atoms with Gasteiger partial charge in [0, 0.05) is 18.0 Å². The van der Waals surface area contributed by atoms with Gasteiger partial charge < -0.3 is 0 Å². The highest BCUT2D eigenvalue weighted by Gasteiger charge is 2.30. The summed E-state index contributed by atoms with van der Waals surface area (Å²) in [7, 11) is 0. The van der Waals surface area contributed by atoms with E-state index in [1.165, 1.54) is 6.20 Å². The van der Waals surface area contributed by atoms with Gasteiger partial charge in [-0.15, -0.1) is 0 Å². The van der Waals surface area contributed by atoms with Crippen molar-refractivity contribution in [3.8, 4) is 11.4 Å². The minimum Gasteiger partial charge on any atom is -0.298 e. The highest BCUT2D eigenvalue weighted by Crippen LogP contribution is 2.29. The average Bonchev–Trinajstić information content (AvgIpc) is 3.03. The van der Waals surface area contributed by atoms with Crippen LogP contribution in [-0.4, -0.2) is 25.3 Å². The van der Waals surface area contributed by atoms with E-state index in [0.29, 0.717) is 5.69 Å². The molecule has 0 aliphatic heterocycles. The Hall–Kier alpha value is -3.75. The summed E-state index contributed by atoms with van der Waals surface area (Å²) < 4.78 is 39.9. The molecule has 1 aromatic carbocycles. The number of rotatable bonds is 3. The lowest BCUT2D eigenvalue weighted by Crippen LogP contribution is -2.15. The molecule has 3 aromatic heterocycles. The number of anilines is 1. The number of nitrogens with zero attached hydrogens (tertiary/aromatic N) is 4. The number of hydrogen-bond acceptors (Lipinski definition) is 4. The number of nitrogens with one attached hydrogen (secondary N) is 1. The SMILES string of the molecule is Cc1nc2ccccn2c1-c1ccnc(NC(=O)c2ccc(C(F)(F)F)cc2)n1. The molecule has 0 radical (unpaired) electrons. The molecule has 0 bridgehead atoms. The number of imidazole rings is 1. The largest absolute Gasteiger partial charge is 0.416 e. The molecular formula is C20H14F3N5O. The van der Waals surface area contributed by atoms with Crippen LogP contribution in [0.4, 0.5) is 19.1 Å². The molecule has 4 aromatic rings. The number of aromatic nitrogens is 4. The molecule has 1 N–H and O–H groups in total. The van der Waals surface area contributed by atoms with Gasteiger partial charge in [0.25, 0.3) is 5.91 Å². The molecule has 0 aliphatic rings. The molecule has 6 nitrogen and oxygen atoms in total. The number of fused-ring (bicyclic) bond motifs is 1. The van der Waals surface area contributed by atoms with Crippen molar-refractivity contribution in [3.63, 3.8) is 0 Å². The van der Waals surface area contributed by atoms with Crippen LogP contribution < -0.4 is 5.32 Å². The summed E-state index contributed by atoms with van der Waals surface area (Å²) in [5.41, 5.74) is 2.07. The fraction of sp³-hybridized carbons (Fsp3) is 0.100. The number of pyridine rings is 1. The van der Waals surface area contributed by atoms with Crippen molar-refractivity contribution in [3.05, 3.63) is 77.7 Å². The van der Waals surface area contributed by atoms with E-state index in [1.54, 1.807) is 6.07 Å². The van der Waals surface area contributed by atoms with Crippen LogP contribution in [0, 0.1) is 6.92 Å². The zero-order chi connectivity index (χ0) is 20.6. The predicted octanol–water partition coefficient (Wildman–Crippen LogP) is 4.37. The van der Waals surface area contributed by atoms with Crippen molar-refractivity contribution >= 4 is 17.5 Å². The first kappa shape index (κ1) is 18.6. The smallest absolute Gasteiger partial charge is 0.298 e. The molecule has 9 heteroatoms. The number of carbonyl (C=O) groups excluding carboxylic acids is 1. The highest BCUT2D eigenvalue weighted by molar-refractivity contribution is 6.03. The third-order valence-electron chi connectivity index (χ3n) is 4.30. The lowest BCUT2D eigenvalue weighted by Gasteiger charge is -2.08. The summed E-state index contributed by atoms with van der Waals surface area (Å²) in [6.45, 7) is 1.85. The number of halogens is 3. The van der Waals surface area contributed by atoms with Gasteiger partial charge in [0.05, 0.1) is 22.6 Å². The fourth-order valence-corrected chi connectivity index (χ4v) is 2.96. The summed E-state index contributed by atoms with van der Waals surface area (Å²) in [4.78, 5) is 25.2. The maximum atomic E-state index is 12.7. The highest BCUT2D eigenvalue weighted by atomic mass is 19.4.